The highest BCUT2D eigenvalue weighted by Gasteiger charge is 2.13. The van der Waals surface area contributed by atoms with E-state index in [9.17, 15) is 13.2 Å². The van der Waals surface area contributed by atoms with Crippen LogP contribution in [-0.4, -0.2) is 38.7 Å². The monoisotopic (exact) mass is 543 g/mol. The molecular weight excluding hydrogens is 487 g/mol. The number of pyridine rings is 1. The Labute approximate surface area is 231 Å². The maximum absolute atomic E-state index is 9.62. The van der Waals surface area contributed by atoms with Crippen molar-refractivity contribution in [2.45, 2.75) is 92.0 Å². The van der Waals surface area contributed by atoms with Crippen molar-refractivity contribution >= 4 is 5.82 Å². The lowest BCUT2D eigenvalue weighted by Gasteiger charge is -2.21. The first-order valence-electron chi connectivity index (χ1n) is 13.8. The van der Waals surface area contributed by atoms with Crippen LogP contribution in [0, 0.1) is 11.3 Å². The first-order valence-corrected chi connectivity index (χ1v) is 13.8. The third kappa shape index (κ3) is 22.0. The van der Waals surface area contributed by atoms with Crippen molar-refractivity contribution in [2.24, 2.45) is 17.1 Å². The second kappa shape index (κ2) is 24.0. The number of anilines is 1. The molecule has 1 heterocycles. The summed E-state index contributed by atoms with van der Waals surface area (Å²) < 4.78 is 28.8. The highest BCUT2D eigenvalue weighted by Crippen LogP contribution is 2.23. The second-order valence-corrected chi connectivity index (χ2v) is 10.8. The van der Waals surface area contributed by atoms with E-state index in [2.05, 4.69) is 80.8 Å². The van der Waals surface area contributed by atoms with Crippen molar-refractivity contribution in [1.82, 2.24) is 15.6 Å². The minimum Gasteiger partial charge on any atom is -0.383 e. The first kappa shape index (κ1) is 38.1. The average molecular weight is 544 g/mol. The summed E-state index contributed by atoms with van der Waals surface area (Å²) in [6, 6.07) is 4.44. The van der Waals surface area contributed by atoms with Gasteiger partial charge in [0.25, 0.3) is 0 Å². The topological polar surface area (TPSA) is 75.0 Å². The smallest absolute Gasteiger partial charge is 0.229 e. The summed E-state index contributed by atoms with van der Waals surface area (Å²) in [4.78, 5) is 4.41. The summed E-state index contributed by atoms with van der Waals surface area (Å²) in [6.07, 6.45) is 12.4. The van der Waals surface area contributed by atoms with Crippen LogP contribution in [-0.2, 0) is 0 Å². The Balaban J connectivity index is 0. The Morgan fingerprint density at radius 1 is 1.13 bits per heavy atom. The van der Waals surface area contributed by atoms with Crippen LogP contribution >= 0.6 is 0 Å². The molecule has 5 nitrogen and oxygen atoms in total. The van der Waals surface area contributed by atoms with Gasteiger partial charge < -0.3 is 21.7 Å². The fraction of sp³-hybridized carbons (Fsp3) is 0.700. The van der Waals surface area contributed by atoms with Crippen LogP contribution in [0.5, 0.6) is 0 Å². The van der Waals surface area contributed by atoms with E-state index in [1.807, 2.05) is 6.20 Å². The van der Waals surface area contributed by atoms with Crippen LogP contribution in [0.1, 0.15) is 97.6 Å². The molecule has 0 bridgehead atoms. The third-order valence-corrected chi connectivity index (χ3v) is 5.79. The van der Waals surface area contributed by atoms with E-state index >= 15 is 0 Å². The molecule has 2 rings (SSSR count). The van der Waals surface area contributed by atoms with Crippen molar-refractivity contribution in [1.29, 1.82) is 0 Å². The van der Waals surface area contributed by atoms with Crippen molar-refractivity contribution in [2.75, 3.05) is 39.1 Å². The maximum atomic E-state index is 9.62. The average Bonchev–Trinajstić information content (AvgIpc) is 2.87. The van der Waals surface area contributed by atoms with Crippen LogP contribution in [0.4, 0.5) is 19.0 Å². The molecule has 0 aliphatic heterocycles. The SMILES string of the molecule is C=C(CC(C)(C)C)NCC(=C)Nc1cc(C(CCC)NCCN)ccn1.CC1CCCCC1.CF.FCF. The maximum Gasteiger partial charge on any atom is 0.229 e. The predicted molar refractivity (Wildman–Crippen MR) is 159 cm³/mol. The summed E-state index contributed by atoms with van der Waals surface area (Å²) in [5, 5.41) is 10.1. The van der Waals surface area contributed by atoms with E-state index in [-0.39, 0.29) is 5.41 Å². The minimum atomic E-state index is -1.75. The molecule has 1 aliphatic carbocycles. The van der Waals surface area contributed by atoms with Gasteiger partial charge in [0.1, 0.15) is 5.82 Å². The van der Waals surface area contributed by atoms with Crippen molar-refractivity contribution < 1.29 is 13.2 Å². The molecule has 5 N–H and O–H groups in total. The van der Waals surface area contributed by atoms with Crippen LogP contribution in [0.2, 0.25) is 0 Å². The number of allylic oxidation sites excluding steroid dienone is 1. The van der Waals surface area contributed by atoms with Gasteiger partial charge >= 0.3 is 0 Å². The van der Waals surface area contributed by atoms with Crippen LogP contribution < -0.4 is 21.7 Å². The highest BCUT2D eigenvalue weighted by molar-refractivity contribution is 5.43. The van der Waals surface area contributed by atoms with E-state index < -0.39 is 6.93 Å². The Kier molecular flexibility index (Phi) is 24.1. The Hall–Kier alpha value is -2.06. The van der Waals surface area contributed by atoms with Gasteiger partial charge in [0.2, 0.25) is 6.93 Å². The fourth-order valence-electron chi connectivity index (χ4n) is 4.13. The van der Waals surface area contributed by atoms with Gasteiger partial charge in [0, 0.05) is 36.7 Å². The zero-order chi connectivity index (χ0) is 29.4. The zero-order valence-electron chi connectivity index (χ0n) is 24.9. The van der Waals surface area contributed by atoms with Crippen molar-refractivity contribution in [3.8, 4) is 0 Å². The molecule has 1 aromatic heterocycles. The van der Waals surface area contributed by atoms with Gasteiger partial charge in [-0.25, -0.2) is 13.8 Å². The van der Waals surface area contributed by atoms with Gasteiger partial charge in [0.05, 0.1) is 13.7 Å². The second-order valence-electron chi connectivity index (χ2n) is 10.8. The van der Waals surface area contributed by atoms with Gasteiger partial charge in [-0.3, -0.25) is 4.39 Å². The number of nitrogens with one attached hydrogen (secondary N) is 3. The molecule has 1 aliphatic rings. The molecule has 0 amide bonds. The number of rotatable bonds is 12. The fourth-order valence-corrected chi connectivity index (χ4v) is 4.13. The Bertz CT molecular complexity index is 716. The molecule has 1 unspecified atom stereocenters. The highest BCUT2D eigenvalue weighted by atomic mass is 19.3. The Morgan fingerprint density at radius 3 is 2.21 bits per heavy atom. The van der Waals surface area contributed by atoms with Crippen LogP contribution in [0.25, 0.3) is 0 Å². The quantitative estimate of drug-likeness (QED) is 0.215. The molecule has 1 aromatic rings. The normalized spacial score (nSPS) is 13.8. The van der Waals surface area contributed by atoms with Gasteiger partial charge in [-0.2, -0.15) is 0 Å². The van der Waals surface area contributed by atoms with E-state index in [1.54, 1.807) is 0 Å². The largest absolute Gasteiger partial charge is 0.383 e. The van der Waals surface area contributed by atoms with Crippen molar-refractivity contribution in [3.05, 3.63) is 48.4 Å². The van der Waals surface area contributed by atoms with Gasteiger partial charge in [0.15, 0.2) is 0 Å². The molecule has 0 spiro atoms. The standard InChI is InChI=1S/C21H37N5.C7H14.CH2F2.CH3F/c1-7-8-19(23-12-10-22)18-9-11-24-20(13-18)26-17(3)15-25-16(2)14-21(4,5)6;1-7-5-3-2-4-6-7;2-1-3;1-2/h9,11,13,19,23,25H,2-3,7-8,10,12,14-15,22H2,1,4-6H3,(H,24,26);7H,2-6H2,1H3;1H2;1H3. The van der Waals surface area contributed by atoms with E-state index in [1.165, 1.54) is 37.7 Å². The number of nitrogens with zero attached hydrogens (tertiary/aromatic N) is 1. The van der Waals surface area contributed by atoms with Gasteiger partial charge in [-0.05, 0) is 41.9 Å². The summed E-state index contributed by atoms with van der Waals surface area (Å²) >= 11 is 0. The first-order chi connectivity index (χ1) is 18.1. The summed E-state index contributed by atoms with van der Waals surface area (Å²) in [6.45, 7) is 19.7. The Morgan fingerprint density at radius 2 is 1.74 bits per heavy atom. The summed E-state index contributed by atoms with van der Waals surface area (Å²) in [5.74, 6) is 1.85. The van der Waals surface area contributed by atoms with Crippen molar-refractivity contribution in [3.63, 3.8) is 0 Å². The lowest BCUT2D eigenvalue weighted by atomic mass is 9.91. The van der Waals surface area contributed by atoms with E-state index in [4.69, 9.17) is 5.73 Å². The molecule has 0 aromatic carbocycles. The van der Waals surface area contributed by atoms with E-state index in [0.717, 1.165) is 48.9 Å². The molecular formula is C30H56F3N5. The summed E-state index contributed by atoms with van der Waals surface area (Å²) in [5.41, 5.74) is 8.96. The van der Waals surface area contributed by atoms with E-state index in [0.29, 0.717) is 26.3 Å². The number of aromatic nitrogens is 1. The lowest BCUT2D eigenvalue weighted by Crippen LogP contribution is -2.27. The predicted octanol–water partition coefficient (Wildman–Crippen LogP) is 7.99. The molecule has 1 atom stereocenters. The summed E-state index contributed by atoms with van der Waals surface area (Å²) in [7, 11) is 0.500. The lowest BCUT2D eigenvalue weighted by molar-refractivity contribution is 0.295. The van der Waals surface area contributed by atoms with Gasteiger partial charge in [-0.1, -0.05) is 86.3 Å². The molecule has 38 heavy (non-hydrogen) atoms. The number of hydrogen-bond donors (Lipinski definition) is 4. The molecule has 0 saturated heterocycles. The minimum absolute atomic E-state index is 0.222. The van der Waals surface area contributed by atoms with Gasteiger partial charge in [-0.15, -0.1) is 0 Å². The number of halogens is 3. The molecule has 1 saturated carbocycles. The number of hydrogen-bond acceptors (Lipinski definition) is 5. The van der Waals surface area contributed by atoms with Crippen LogP contribution in [0.3, 0.4) is 0 Å². The molecule has 0 radical (unpaired) electrons. The molecule has 222 valence electrons. The van der Waals surface area contributed by atoms with Crippen LogP contribution in [0.15, 0.2) is 42.9 Å². The number of alkyl halides is 3. The third-order valence-electron chi connectivity index (χ3n) is 5.79. The molecule has 8 heteroatoms. The molecule has 1 fully saturated rings. The number of nitrogens with two attached hydrogens (primary N) is 1. The zero-order valence-corrected chi connectivity index (χ0v) is 24.9.